The molecule has 2 atom stereocenters. The monoisotopic (exact) mass is 249 g/mol. The molecule has 0 bridgehead atoms. The summed E-state index contributed by atoms with van der Waals surface area (Å²) in [5, 5.41) is 13.4. The summed E-state index contributed by atoms with van der Waals surface area (Å²) in [6.45, 7) is 0. The van der Waals surface area contributed by atoms with Gasteiger partial charge in [0.05, 0.1) is 17.7 Å². The van der Waals surface area contributed by atoms with Gasteiger partial charge in [-0.3, -0.25) is 14.3 Å². The normalized spacial score (nSPS) is 27.8. The van der Waals surface area contributed by atoms with E-state index in [0.717, 1.165) is 18.5 Å². The van der Waals surface area contributed by atoms with Gasteiger partial charge in [0.1, 0.15) is 0 Å². The van der Waals surface area contributed by atoms with Crippen LogP contribution < -0.4 is 0 Å². The van der Waals surface area contributed by atoms with E-state index < -0.39 is 11.9 Å². The minimum atomic E-state index is -0.905. The minimum absolute atomic E-state index is 0.0453. The summed E-state index contributed by atoms with van der Waals surface area (Å²) >= 11 is 0. The molecule has 1 aliphatic heterocycles. The van der Waals surface area contributed by atoms with Crippen molar-refractivity contribution in [1.29, 1.82) is 0 Å². The van der Waals surface area contributed by atoms with Crippen molar-refractivity contribution in [3.05, 3.63) is 18.0 Å². The highest BCUT2D eigenvalue weighted by atomic mass is 16.4. The summed E-state index contributed by atoms with van der Waals surface area (Å²) in [5.41, 5.74) is 0.806. The van der Waals surface area contributed by atoms with Crippen LogP contribution in [-0.4, -0.2) is 37.7 Å². The second-order valence-corrected chi connectivity index (χ2v) is 5.01. The number of hydrogen-bond donors (Lipinski definition) is 1. The minimum Gasteiger partial charge on any atom is -0.481 e. The summed E-state index contributed by atoms with van der Waals surface area (Å²) in [5.74, 6) is -1.61. The number of nitrogens with zero attached hydrogens (tertiary/aromatic N) is 3. The molecule has 0 aromatic carbocycles. The van der Waals surface area contributed by atoms with Crippen LogP contribution in [0.3, 0.4) is 0 Å². The van der Waals surface area contributed by atoms with Crippen molar-refractivity contribution in [3.63, 3.8) is 0 Å². The molecule has 2 fully saturated rings. The number of carbonyl (C=O) groups excluding carboxylic acids is 1. The fraction of sp³-hybridized carbons (Fsp3) is 0.583. The zero-order valence-corrected chi connectivity index (χ0v) is 10.1. The van der Waals surface area contributed by atoms with Gasteiger partial charge in [-0.15, -0.1) is 0 Å². The van der Waals surface area contributed by atoms with E-state index in [1.807, 2.05) is 0 Å². The van der Waals surface area contributed by atoms with Crippen molar-refractivity contribution in [1.82, 2.24) is 14.7 Å². The van der Waals surface area contributed by atoms with E-state index in [4.69, 9.17) is 0 Å². The highest BCUT2D eigenvalue weighted by Crippen LogP contribution is 2.44. The number of carbonyl (C=O) groups is 2. The summed E-state index contributed by atoms with van der Waals surface area (Å²) in [4.78, 5) is 25.1. The lowest BCUT2D eigenvalue weighted by molar-refractivity contribution is -0.142. The summed E-state index contributed by atoms with van der Waals surface area (Å²) in [6.07, 6.45) is 3.70. The Morgan fingerprint density at radius 1 is 1.50 bits per heavy atom. The molecule has 1 aromatic rings. The number of likely N-dealkylation sites (tertiary alicyclic amines) is 1. The number of aromatic nitrogens is 2. The van der Waals surface area contributed by atoms with Gasteiger partial charge in [0, 0.05) is 25.7 Å². The van der Waals surface area contributed by atoms with Crippen LogP contribution in [0.2, 0.25) is 0 Å². The largest absolute Gasteiger partial charge is 0.481 e. The number of rotatable bonds is 3. The van der Waals surface area contributed by atoms with Crippen molar-refractivity contribution < 1.29 is 14.7 Å². The SMILES string of the molecule is Cn1nccc1C1C(C(=O)O)CC(=O)N1C1CC1. The molecule has 1 N–H and O–H groups in total. The van der Waals surface area contributed by atoms with E-state index >= 15 is 0 Å². The van der Waals surface area contributed by atoms with Gasteiger partial charge in [-0.1, -0.05) is 0 Å². The van der Waals surface area contributed by atoms with E-state index in [0.29, 0.717) is 0 Å². The Kier molecular flexibility index (Phi) is 2.39. The molecule has 18 heavy (non-hydrogen) atoms. The van der Waals surface area contributed by atoms with Gasteiger partial charge >= 0.3 is 5.97 Å². The molecule has 1 amide bonds. The second kappa shape index (κ2) is 3.83. The first kappa shape index (κ1) is 11.3. The molecule has 0 spiro atoms. The first-order valence-electron chi connectivity index (χ1n) is 6.11. The maximum atomic E-state index is 12.0. The third-order valence-corrected chi connectivity index (χ3v) is 3.78. The number of hydrogen-bond acceptors (Lipinski definition) is 3. The zero-order chi connectivity index (χ0) is 12.9. The quantitative estimate of drug-likeness (QED) is 0.849. The van der Waals surface area contributed by atoms with E-state index in [2.05, 4.69) is 5.10 Å². The molecule has 6 heteroatoms. The van der Waals surface area contributed by atoms with Gasteiger partial charge in [-0.05, 0) is 18.9 Å². The molecule has 2 unspecified atom stereocenters. The third kappa shape index (κ3) is 1.60. The van der Waals surface area contributed by atoms with Gasteiger partial charge in [0.15, 0.2) is 0 Å². The molecule has 2 heterocycles. The highest BCUT2D eigenvalue weighted by molar-refractivity contribution is 5.87. The summed E-state index contributed by atoms with van der Waals surface area (Å²) in [7, 11) is 1.78. The van der Waals surface area contributed by atoms with Crippen LogP contribution >= 0.6 is 0 Å². The Labute approximate surface area is 104 Å². The van der Waals surface area contributed by atoms with E-state index in [9.17, 15) is 14.7 Å². The van der Waals surface area contributed by atoms with Crippen LogP contribution in [-0.2, 0) is 16.6 Å². The standard InChI is InChI=1S/C12H15N3O3/c1-14-9(4-5-13-14)11-8(12(17)18)6-10(16)15(11)7-2-3-7/h4-5,7-8,11H,2-3,6H2,1H3,(H,17,18). The highest BCUT2D eigenvalue weighted by Gasteiger charge is 2.50. The maximum Gasteiger partial charge on any atom is 0.309 e. The zero-order valence-electron chi connectivity index (χ0n) is 10.1. The first-order valence-corrected chi connectivity index (χ1v) is 6.11. The molecular formula is C12H15N3O3. The number of aliphatic carboxylic acids is 1. The van der Waals surface area contributed by atoms with E-state index in [-0.39, 0.29) is 24.4 Å². The average molecular weight is 249 g/mol. The molecule has 6 nitrogen and oxygen atoms in total. The summed E-state index contributed by atoms with van der Waals surface area (Å²) < 4.78 is 1.66. The van der Waals surface area contributed by atoms with Crippen LogP contribution in [0.15, 0.2) is 12.3 Å². The first-order chi connectivity index (χ1) is 8.59. The van der Waals surface area contributed by atoms with Crippen LogP contribution in [0.1, 0.15) is 31.0 Å². The lowest BCUT2D eigenvalue weighted by Crippen LogP contribution is -2.33. The number of carboxylic acid groups (broad SMARTS) is 1. The Hall–Kier alpha value is -1.85. The van der Waals surface area contributed by atoms with Gasteiger partial charge < -0.3 is 10.0 Å². The fourth-order valence-corrected chi connectivity index (χ4v) is 2.78. The van der Waals surface area contributed by atoms with E-state index in [1.54, 1.807) is 28.9 Å². The molecule has 1 saturated carbocycles. The van der Waals surface area contributed by atoms with Gasteiger partial charge in [-0.2, -0.15) is 5.10 Å². The van der Waals surface area contributed by atoms with Crippen molar-refractivity contribution in [2.75, 3.05) is 0 Å². The van der Waals surface area contributed by atoms with Crippen LogP contribution in [0.5, 0.6) is 0 Å². The molecule has 1 aliphatic carbocycles. The predicted molar refractivity (Wildman–Crippen MR) is 61.6 cm³/mol. The van der Waals surface area contributed by atoms with Crippen LogP contribution in [0, 0.1) is 5.92 Å². The average Bonchev–Trinajstić information content (AvgIpc) is 2.96. The number of aryl methyl sites for hydroxylation is 1. The van der Waals surface area contributed by atoms with Crippen molar-refractivity contribution in [2.45, 2.75) is 31.3 Å². The van der Waals surface area contributed by atoms with Crippen molar-refractivity contribution in [2.24, 2.45) is 13.0 Å². The Bertz CT molecular complexity index is 506. The topological polar surface area (TPSA) is 75.4 Å². The maximum absolute atomic E-state index is 12.0. The second-order valence-electron chi connectivity index (χ2n) is 5.01. The summed E-state index contributed by atoms with van der Waals surface area (Å²) in [6, 6.07) is 1.66. The molecule has 0 radical (unpaired) electrons. The third-order valence-electron chi connectivity index (χ3n) is 3.78. The lowest BCUT2D eigenvalue weighted by atomic mass is 9.97. The molecule has 3 rings (SSSR count). The molecule has 1 saturated heterocycles. The van der Waals surface area contributed by atoms with Crippen molar-refractivity contribution in [3.8, 4) is 0 Å². The smallest absolute Gasteiger partial charge is 0.309 e. The Balaban J connectivity index is 2.01. The van der Waals surface area contributed by atoms with Crippen LogP contribution in [0.4, 0.5) is 0 Å². The lowest BCUT2D eigenvalue weighted by Gasteiger charge is -2.26. The molecule has 1 aromatic heterocycles. The Morgan fingerprint density at radius 3 is 2.72 bits per heavy atom. The fourth-order valence-electron chi connectivity index (χ4n) is 2.78. The predicted octanol–water partition coefficient (Wildman–Crippen LogP) is 0.557. The molecule has 2 aliphatic rings. The van der Waals surface area contributed by atoms with Gasteiger partial charge in [-0.25, -0.2) is 0 Å². The number of amides is 1. The number of carboxylic acids is 1. The van der Waals surface area contributed by atoms with Crippen LogP contribution in [0.25, 0.3) is 0 Å². The van der Waals surface area contributed by atoms with Crippen molar-refractivity contribution >= 4 is 11.9 Å². The molecular weight excluding hydrogens is 234 g/mol. The van der Waals surface area contributed by atoms with E-state index in [1.165, 1.54) is 0 Å². The van der Waals surface area contributed by atoms with Gasteiger partial charge in [0.2, 0.25) is 5.91 Å². The Morgan fingerprint density at radius 2 is 2.22 bits per heavy atom. The van der Waals surface area contributed by atoms with Gasteiger partial charge in [0.25, 0.3) is 0 Å². The molecule has 96 valence electrons.